The first-order valence-electron chi connectivity index (χ1n) is 9.20. The van der Waals surface area contributed by atoms with Crippen molar-refractivity contribution in [3.05, 3.63) is 34.1 Å². The molecule has 2 aromatic rings. The van der Waals surface area contributed by atoms with E-state index in [1.54, 1.807) is 11.8 Å². The Kier molecular flexibility index (Phi) is 8.62. The maximum atomic E-state index is 13.4. The van der Waals surface area contributed by atoms with Crippen molar-refractivity contribution >= 4 is 46.7 Å². The molecule has 14 heteroatoms. The standard InChI is InChI=1S/C17H22FN7O4S2/c1-4-23(5-2)14(26)9-30-16-21-22-17(24(16)19)31-10(3)15(27)20-11-6-7-12(18)13(8-11)25(28)29/h6-8,10H,4-5,9,19H2,1-3H3,(H,20,27). The van der Waals surface area contributed by atoms with Gasteiger partial charge in [0, 0.05) is 24.8 Å². The van der Waals surface area contributed by atoms with Crippen molar-refractivity contribution < 1.29 is 18.9 Å². The number of nitro benzene ring substituents is 1. The molecular weight excluding hydrogens is 449 g/mol. The quantitative estimate of drug-likeness (QED) is 0.230. The van der Waals surface area contributed by atoms with Crippen LogP contribution in [0.1, 0.15) is 20.8 Å². The number of carbonyl (C=O) groups is 2. The Morgan fingerprint density at radius 3 is 2.58 bits per heavy atom. The Morgan fingerprint density at radius 2 is 1.97 bits per heavy atom. The van der Waals surface area contributed by atoms with Crippen molar-refractivity contribution in [3.63, 3.8) is 0 Å². The molecule has 0 saturated heterocycles. The molecule has 0 radical (unpaired) electrons. The summed E-state index contributed by atoms with van der Waals surface area (Å²) in [5, 5.41) is 21.1. The molecule has 0 bridgehead atoms. The van der Waals surface area contributed by atoms with Gasteiger partial charge in [0.1, 0.15) is 0 Å². The number of nitrogens with two attached hydrogens (primary N) is 1. The van der Waals surface area contributed by atoms with Gasteiger partial charge in [-0.05, 0) is 32.9 Å². The first-order valence-corrected chi connectivity index (χ1v) is 11.1. The van der Waals surface area contributed by atoms with Gasteiger partial charge in [0.05, 0.1) is 15.9 Å². The highest BCUT2D eigenvalue weighted by Crippen LogP contribution is 2.26. The summed E-state index contributed by atoms with van der Waals surface area (Å²) in [6, 6.07) is 3.08. The van der Waals surface area contributed by atoms with Crippen molar-refractivity contribution in [2.24, 2.45) is 0 Å². The summed E-state index contributed by atoms with van der Waals surface area (Å²) in [5.74, 6) is 4.60. The second-order valence-corrected chi connectivity index (χ2v) is 8.41. The van der Waals surface area contributed by atoms with Gasteiger partial charge in [-0.3, -0.25) is 19.7 Å². The number of hydrogen-bond donors (Lipinski definition) is 2. The Morgan fingerprint density at radius 1 is 1.32 bits per heavy atom. The van der Waals surface area contributed by atoms with Crippen LogP contribution in [0, 0.1) is 15.9 Å². The molecule has 2 rings (SSSR count). The van der Waals surface area contributed by atoms with Crippen molar-refractivity contribution in [2.45, 2.75) is 36.3 Å². The van der Waals surface area contributed by atoms with Gasteiger partial charge >= 0.3 is 5.69 Å². The first-order chi connectivity index (χ1) is 14.7. The lowest BCUT2D eigenvalue weighted by atomic mass is 10.2. The van der Waals surface area contributed by atoms with Gasteiger partial charge in [-0.25, -0.2) is 4.68 Å². The smallest absolute Gasteiger partial charge is 0.306 e. The lowest BCUT2D eigenvalue weighted by Crippen LogP contribution is -2.32. The number of carbonyl (C=O) groups excluding carboxylic acids is 2. The molecule has 2 amide bonds. The highest BCUT2D eigenvalue weighted by molar-refractivity contribution is 8.00. The molecule has 31 heavy (non-hydrogen) atoms. The lowest BCUT2D eigenvalue weighted by Gasteiger charge is -2.17. The third-order valence-corrected chi connectivity index (χ3v) is 6.12. The molecule has 0 aliphatic rings. The Hall–Kier alpha value is -2.87. The average Bonchev–Trinajstić information content (AvgIpc) is 3.07. The summed E-state index contributed by atoms with van der Waals surface area (Å²) in [4.78, 5) is 36.2. The summed E-state index contributed by atoms with van der Waals surface area (Å²) in [6.07, 6.45) is 0. The molecule has 168 valence electrons. The Balaban J connectivity index is 1.98. The van der Waals surface area contributed by atoms with E-state index in [1.165, 1.54) is 10.7 Å². The summed E-state index contributed by atoms with van der Waals surface area (Å²) in [7, 11) is 0. The fraction of sp³-hybridized carbons (Fsp3) is 0.412. The Bertz CT molecular complexity index is 968. The fourth-order valence-corrected chi connectivity index (χ4v) is 4.01. The normalized spacial score (nSPS) is 11.7. The van der Waals surface area contributed by atoms with Crippen LogP contribution >= 0.6 is 23.5 Å². The molecular formula is C17H22FN7O4S2. The van der Waals surface area contributed by atoms with Crippen molar-refractivity contribution in [1.29, 1.82) is 0 Å². The number of nitrogens with zero attached hydrogens (tertiary/aromatic N) is 5. The van der Waals surface area contributed by atoms with Gasteiger partial charge in [-0.2, -0.15) is 4.39 Å². The van der Waals surface area contributed by atoms with E-state index in [2.05, 4.69) is 15.5 Å². The van der Waals surface area contributed by atoms with E-state index < -0.39 is 27.6 Å². The SMILES string of the molecule is CCN(CC)C(=O)CSc1nnc(SC(C)C(=O)Nc2ccc(F)c([N+](=O)[O-])c2)n1N. The van der Waals surface area contributed by atoms with E-state index in [-0.39, 0.29) is 22.5 Å². The van der Waals surface area contributed by atoms with Crippen molar-refractivity contribution in [1.82, 2.24) is 19.8 Å². The number of halogens is 1. The largest absolute Gasteiger partial charge is 0.343 e. The number of benzene rings is 1. The second-order valence-electron chi connectivity index (χ2n) is 6.16. The highest BCUT2D eigenvalue weighted by atomic mass is 32.2. The van der Waals surface area contributed by atoms with Crippen LogP contribution in [0.25, 0.3) is 0 Å². The number of rotatable bonds is 10. The maximum Gasteiger partial charge on any atom is 0.306 e. The van der Waals surface area contributed by atoms with Gasteiger partial charge in [-0.1, -0.05) is 23.5 Å². The van der Waals surface area contributed by atoms with Crippen LogP contribution in [0.5, 0.6) is 0 Å². The van der Waals surface area contributed by atoms with Crippen LogP contribution < -0.4 is 11.2 Å². The zero-order valence-corrected chi connectivity index (χ0v) is 18.7. The summed E-state index contributed by atoms with van der Waals surface area (Å²) in [5.41, 5.74) is -0.647. The molecule has 0 fully saturated rings. The van der Waals surface area contributed by atoms with Gasteiger partial charge in [0.2, 0.25) is 27.9 Å². The van der Waals surface area contributed by atoms with Gasteiger partial charge in [0.25, 0.3) is 0 Å². The van der Waals surface area contributed by atoms with E-state index in [4.69, 9.17) is 5.84 Å². The van der Waals surface area contributed by atoms with Crippen LogP contribution in [0.4, 0.5) is 15.8 Å². The molecule has 1 aromatic heterocycles. The second kappa shape index (κ2) is 10.9. The minimum atomic E-state index is -0.994. The summed E-state index contributed by atoms with van der Waals surface area (Å²) in [6.45, 7) is 6.58. The van der Waals surface area contributed by atoms with Crippen LogP contribution in [0.15, 0.2) is 28.5 Å². The van der Waals surface area contributed by atoms with E-state index >= 15 is 0 Å². The third kappa shape index (κ3) is 6.30. The molecule has 0 spiro atoms. The predicted molar refractivity (Wildman–Crippen MR) is 116 cm³/mol. The highest BCUT2D eigenvalue weighted by Gasteiger charge is 2.22. The van der Waals surface area contributed by atoms with Crippen LogP contribution in [0.3, 0.4) is 0 Å². The lowest BCUT2D eigenvalue weighted by molar-refractivity contribution is -0.387. The number of thioether (sulfide) groups is 2. The Labute approximate surface area is 186 Å². The van der Waals surface area contributed by atoms with E-state index in [1.807, 2.05) is 13.8 Å². The molecule has 0 aliphatic heterocycles. The third-order valence-electron chi connectivity index (χ3n) is 4.14. The van der Waals surface area contributed by atoms with Gasteiger partial charge in [0.15, 0.2) is 0 Å². The molecule has 1 heterocycles. The molecule has 3 N–H and O–H groups in total. The average molecular weight is 472 g/mol. The number of nitrogen functional groups attached to an aromatic ring is 1. The molecule has 0 aliphatic carbocycles. The molecule has 1 unspecified atom stereocenters. The van der Waals surface area contributed by atoms with Gasteiger partial charge < -0.3 is 16.1 Å². The van der Waals surface area contributed by atoms with E-state index in [9.17, 15) is 24.1 Å². The molecule has 1 aromatic carbocycles. The first kappa shape index (κ1) is 24.4. The number of aromatic nitrogens is 3. The number of nitro groups is 1. The predicted octanol–water partition coefficient (Wildman–Crippen LogP) is 2.12. The van der Waals surface area contributed by atoms with Gasteiger partial charge in [-0.15, -0.1) is 10.2 Å². The topological polar surface area (TPSA) is 149 Å². The minimum absolute atomic E-state index is 0.0478. The summed E-state index contributed by atoms with van der Waals surface area (Å²) < 4.78 is 14.6. The zero-order valence-electron chi connectivity index (χ0n) is 17.1. The van der Waals surface area contributed by atoms with Crippen molar-refractivity contribution in [3.8, 4) is 0 Å². The zero-order chi connectivity index (χ0) is 23.1. The number of nitrogens with one attached hydrogen (secondary N) is 1. The van der Waals surface area contributed by atoms with Crippen LogP contribution in [0.2, 0.25) is 0 Å². The molecule has 1 atom stereocenters. The number of hydrogen-bond acceptors (Lipinski definition) is 9. The fourth-order valence-electron chi connectivity index (χ4n) is 2.42. The molecule has 0 saturated carbocycles. The molecule has 11 nitrogen and oxygen atoms in total. The van der Waals surface area contributed by atoms with Crippen molar-refractivity contribution in [2.75, 3.05) is 30.0 Å². The summed E-state index contributed by atoms with van der Waals surface area (Å²) >= 11 is 2.16. The van der Waals surface area contributed by atoms with Crippen LogP contribution in [-0.4, -0.2) is 60.6 Å². The maximum absolute atomic E-state index is 13.4. The van der Waals surface area contributed by atoms with E-state index in [0.717, 1.165) is 35.7 Å². The number of amides is 2. The minimum Gasteiger partial charge on any atom is -0.343 e. The van der Waals surface area contributed by atoms with Crippen LogP contribution in [-0.2, 0) is 9.59 Å². The van der Waals surface area contributed by atoms with E-state index in [0.29, 0.717) is 18.2 Å². The monoisotopic (exact) mass is 471 g/mol. The number of anilines is 1.